The van der Waals surface area contributed by atoms with Crippen molar-refractivity contribution in [2.75, 3.05) is 18.4 Å². The summed E-state index contributed by atoms with van der Waals surface area (Å²) in [7, 11) is -3.79. The first-order valence-electron chi connectivity index (χ1n) is 9.95. The molecule has 2 N–H and O–H groups in total. The molecule has 0 bridgehead atoms. The van der Waals surface area contributed by atoms with Crippen LogP contribution in [0.5, 0.6) is 5.75 Å². The van der Waals surface area contributed by atoms with Gasteiger partial charge in [-0.3, -0.25) is 4.79 Å². The summed E-state index contributed by atoms with van der Waals surface area (Å²) in [6, 6.07) is 13.8. The van der Waals surface area contributed by atoms with Crippen LogP contribution in [0.3, 0.4) is 0 Å². The normalized spacial score (nSPS) is 17.0. The number of rotatable bonds is 6. The number of phenols is 1. The van der Waals surface area contributed by atoms with Gasteiger partial charge in [-0.25, -0.2) is 8.42 Å². The van der Waals surface area contributed by atoms with Crippen molar-refractivity contribution in [3.05, 3.63) is 54.1 Å². The second kappa shape index (κ2) is 8.55. The van der Waals surface area contributed by atoms with Gasteiger partial charge in [0.15, 0.2) is 0 Å². The zero-order chi connectivity index (χ0) is 21.1. The Morgan fingerprint density at radius 1 is 1.10 bits per heavy atom. The minimum Gasteiger partial charge on any atom is -0.507 e. The fourth-order valence-corrected chi connectivity index (χ4v) is 5.11. The molecule has 1 saturated heterocycles. The highest BCUT2D eigenvalue weighted by Crippen LogP contribution is 2.35. The van der Waals surface area contributed by atoms with Crippen molar-refractivity contribution in [3.8, 4) is 5.75 Å². The highest BCUT2D eigenvalue weighted by molar-refractivity contribution is 7.89. The molecule has 0 aromatic heterocycles. The van der Waals surface area contributed by atoms with E-state index >= 15 is 0 Å². The number of aryl methyl sites for hydroxylation is 1. The van der Waals surface area contributed by atoms with Crippen LogP contribution in [0.15, 0.2) is 53.4 Å². The first kappa shape index (κ1) is 21.3. The second-order valence-corrected chi connectivity index (χ2v) is 9.74. The smallest absolute Gasteiger partial charge is 0.246 e. The van der Waals surface area contributed by atoms with Crippen molar-refractivity contribution in [2.24, 2.45) is 5.41 Å². The maximum absolute atomic E-state index is 12.9. The number of carbonyl (C=O) groups is 1. The van der Waals surface area contributed by atoms with E-state index in [1.807, 2.05) is 31.2 Å². The first-order chi connectivity index (χ1) is 13.8. The molecule has 2 aromatic carbocycles. The molecule has 1 aliphatic rings. The lowest BCUT2D eigenvalue weighted by Gasteiger charge is -2.37. The van der Waals surface area contributed by atoms with Crippen LogP contribution in [0.25, 0.3) is 0 Å². The predicted octanol–water partition coefficient (Wildman–Crippen LogP) is 3.77. The van der Waals surface area contributed by atoms with Crippen LogP contribution < -0.4 is 5.32 Å². The monoisotopic (exact) mass is 416 g/mol. The average molecular weight is 417 g/mol. The zero-order valence-electron chi connectivity index (χ0n) is 16.9. The summed E-state index contributed by atoms with van der Waals surface area (Å²) < 4.78 is 27.0. The number of hydrogen-bond acceptors (Lipinski definition) is 4. The summed E-state index contributed by atoms with van der Waals surface area (Å²) in [6.45, 7) is 4.46. The summed E-state index contributed by atoms with van der Waals surface area (Å²) in [5, 5.41) is 12.9. The molecule has 29 heavy (non-hydrogen) atoms. The summed E-state index contributed by atoms with van der Waals surface area (Å²) in [6.07, 6.45) is 2.91. The number of amides is 1. The minimum absolute atomic E-state index is 0.0969. The molecule has 156 valence electrons. The standard InChI is InChI=1S/C22H28N2O4S/c1-3-6-17-9-11-18(12-10-17)23-21(26)22(2)13-15-24(16-14-22)29(27,28)20-8-5-4-7-19(20)25/h4-5,7-12,25H,3,6,13-16H2,1-2H3,(H,23,26). The Balaban J connectivity index is 1.65. The van der Waals surface area contributed by atoms with Crippen LogP contribution in [-0.4, -0.2) is 36.8 Å². The lowest BCUT2D eigenvalue weighted by atomic mass is 9.80. The molecule has 1 aliphatic heterocycles. The Morgan fingerprint density at radius 2 is 1.72 bits per heavy atom. The molecule has 1 heterocycles. The van der Waals surface area contributed by atoms with Gasteiger partial charge in [-0.1, -0.05) is 44.5 Å². The summed E-state index contributed by atoms with van der Waals surface area (Å²) >= 11 is 0. The topological polar surface area (TPSA) is 86.7 Å². The molecule has 7 heteroatoms. The van der Waals surface area contributed by atoms with Gasteiger partial charge in [-0.15, -0.1) is 0 Å². The van der Waals surface area contributed by atoms with E-state index in [4.69, 9.17) is 0 Å². The summed E-state index contributed by atoms with van der Waals surface area (Å²) in [5.41, 5.74) is 1.34. The van der Waals surface area contributed by atoms with Gasteiger partial charge in [-0.05, 0) is 49.1 Å². The Kier molecular flexibility index (Phi) is 6.29. The predicted molar refractivity (Wildman–Crippen MR) is 113 cm³/mol. The first-order valence-corrected chi connectivity index (χ1v) is 11.4. The molecular formula is C22H28N2O4S. The average Bonchev–Trinajstić information content (AvgIpc) is 2.70. The van der Waals surface area contributed by atoms with Gasteiger partial charge < -0.3 is 10.4 Å². The Labute approximate surface area is 172 Å². The number of sulfonamides is 1. The number of piperidine rings is 1. The number of hydrogen-bond donors (Lipinski definition) is 2. The van der Waals surface area contributed by atoms with Crippen molar-refractivity contribution in [3.63, 3.8) is 0 Å². The van der Waals surface area contributed by atoms with Crippen molar-refractivity contribution in [1.29, 1.82) is 0 Å². The van der Waals surface area contributed by atoms with Crippen LogP contribution in [0.2, 0.25) is 0 Å². The number of phenolic OH excluding ortho intramolecular Hbond substituents is 1. The Hall–Kier alpha value is -2.38. The van der Waals surface area contributed by atoms with Crippen molar-refractivity contribution in [1.82, 2.24) is 4.31 Å². The maximum atomic E-state index is 12.9. The quantitative estimate of drug-likeness (QED) is 0.750. The van der Waals surface area contributed by atoms with E-state index in [2.05, 4.69) is 12.2 Å². The third-order valence-electron chi connectivity index (χ3n) is 5.61. The van der Waals surface area contributed by atoms with Gasteiger partial charge in [0.2, 0.25) is 15.9 Å². The largest absolute Gasteiger partial charge is 0.507 e. The van der Waals surface area contributed by atoms with E-state index in [9.17, 15) is 18.3 Å². The molecule has 6 nitrogen and oxygen atoms in total. The SMILES string of the molecule is CCCc1ccc(NC(=O)C2(C)CCN(S(=O)(=O)c3ccccc3O)CC2)cc1. The molecule has 1 amide bonds. The van der Waals surface area contributed by atoms with Crippen LogP contribution in [0.1, 0.15) is 38.7 Å². The van der Waals surface area contributed by atoms with E-state index < -0.39 is 15.4 Å². The molecule has 0 unspecified atom stereocenters. The van der Waals surface area contributed by atoms with Crippen LogP contribution >= 0.6 is 0 Å². The molecule has 0 saturated carbocycles. The highest BCUT2D eigenvalue weighted by Gasteiger charge is 2.40. The number of nitrogens with zero attached hydrogens (tertiary/aromatic N) is 1. The lowest BCUT2D eigenvalue weighted by Crippen LogP contribution is -2.46. The Bertz CT molecular complexity index is 963. The highest BCUT2D eigenvalue weighted by atomic mass is 32.2. The minimum atomic E-state index is -3.79. The van der Waals surface area contributed by atoms with E-state index in [0.29, 0.717) is 12.8 Å². The second-order valence-electron chi connectivity index (χ2n) is 7.83. The van der Waals surface area contributed by atoms with Gasteiger partial charge >= 0.3 is 0 Å². The van der Waals surface area contributed by atoms with Crippen LogP contribution in [-0.2, 0) is 21.2 Å². The number of carbonyl (C=O) groups excluding carboxylic acids is 1. The maximum Gasteiger partial charge on any atom is 0.246 e. The molecule has 0 aliphatic carbocycles. The lowest BCUT2D eigenvalue weighted by molar-refractivity contribution is -0.126. The molecule has 3 rings (SSSR count). The Morgan fingerprint density at radius 3 is 2.31 bits per heavy atom. The van der Waals surface area contributed by atoms with E-state index in [1.54, 1.807) is 12.1 Å². The number of benzene rings is 2. The van der Waals surface area contributed by atoms with Crippen LogP contribution in [0, 0.1) is 5.41 Å². The number of para-hydroxylation sites is 1. The van der Waals surface area contributed by atoms with E-state index in [-0.39, 0.29) is 29.6 Å². The van der Waals surface area contributed by atoms with Gasteiger partial charge in [0.25, 0.3) is 0 Å². The van der Waals surface area contributed by atoms with Crippen molar-refractivity contribution in [2.45, 2.75) is 44.4 Å². The fourth-order valence-electron chi connectivity index (χ4n) is 3.59. The summed E-state index contributed by atoms with van der Waals surface area (Å²) in [4.78, 5) is 12.8. The number of anilines is 1. The van der Waals surface area contributed by atoms with Gasteiger partial charge in [0, 0.05) is 24.2 Å². The molecule has 0 atom stereocenters. The van der Waals surface area contributed by atoms with Crippen molar-refractivity contribution < 1.29 is 18.3 Å². The molecule has 2 aromatic rings. The van der Waals surface area contributed by atoms with Crippen molar-refractivity contribution >= 4 is 21.6 Å². The molecular weight excluding hydrogens is 388 g/mol. The van der Waals surface area contributed by atoms with Gasteiger partial charge in [-0.2, -0.15) is 4.31 Å². The fraction of sp³-hybridized carbons (Fsp3) is 0.409. The third kappa shape index (κ3) is 4.62. The van der Waals surface area contributed by atoms with Gasteiger partial charge in [0.1, 0.15) is 10.6 Å². The van der Waals surface area contributed by atoms with Gasteiger partial charge in [0.05, 0.1) is 0 Å². The molecule has 0 radical (unpaired) electrons. The van der Waals surface area contributed by atoms with E-state index in [1.165, 1.54) is 22.0 Å². The molecule has 0 spiro atoms. The molecule has 1 fully saturated rings. The van der Waals surface area contributed by atoms with Crippen LogP contribution in [0.4, 0.5) is 5.69 Å². The third-order valence-corrected chi connectivity index (χ3v) is 7.55. The zero-order valence-corrected chi connectivity index (χ0v) is 17.7. The number of aromatic hydroxyl groups is 1. The summed E-state index contributed by atoms with van der Waals surface area (Å²) in [5.74, 6) is -0.356. The number of nitrogens with one attached hydrogen (secondary N) is 1. The van der Waals surface area contributed by atoms with E-state index in [0.717, 1.165) is 18.5 Å².